The lowest BCUT2D eigenvalue weighted by Gasteiger charge is -2.09. The fourth-order valence-electron chi connectivity index (χ4n) is 2.79. The molecule has 1 N–H and O–H groups in total. The molecule has 0 amide bonds. The number of hydrogen-bond donors (Lipinski definition) is 1. The van der Waals surface area contributed by atoms with Gasteiger partial charge >= 0.3 is 11.9 Å². The highest BCUT2D eigenvalue weighted by molar-refractivity contribution is 5.92. The molecule has 0 unspecified atom stereocenters. The second-order valence-electron chi connectivity index (χ2n) is 5.33. The van der Waals surface area contributed by atoms with Crippen molar-refractivity contribution in [2.45, 2.75) is 12.7 Å². The standard InChI is InChI=1S/C15H9F3N4O2/c16-15(17,18)9-4-1-3-8(7-9)11-10-12(23)19-14(24)21-5-2-6-22(20-11)13(10)21/h1-4,6-7H,5H2,(H,19,23,24). The number of aromatic amines is 1. The van der Waals surface area contributed by atoms with Gasteiger partial charge in [0.05, 0.1) is 5.56 Å². The summed E-state index contributed by atoms with van der Waals surface area (Å²) in [6, 6.07) is 4.57. The van der Waals surface area contributed by atoms with Gasteiger partial charge in [0.15, 0.2) is 5.65 Å². The molecule has 6 nitrogen and oxygen atoms in total. The normalized spacial score (nSPS) is 13.6. The Hall–Kier alpha value is -3.10. The molecule has 122 valence electrons. The molecule has 0 saturated heterocycles. The number of alkyl halides is 3. The summed E-state index contributed by atoms with van der Waals surface area (Å²) < 4.78 is 41.4. The molecule has 0 saturated carbocycles. The van der Waals surface area contributed by atoms with E-state index in [2.05, 4.69) is 10.1 Å². The minimum Gasteiger partial charge on any atom is -0.273 e. The molecule has 3 heterocycles. The van der Waals surface area contributed by atoms with Crippen LogP contribution in [0.3, 0.4) is 0 Å². The number of allylic oxidation sites excluding steroid dienone is 1. The maximum absolute atomic E-state index is 12.9. The van der Waals surface area contributed by atoms with Gasteiger partial charge < -0.3 is 0 Å². The number of H-pyrrole nitrogens is 1. The summed E-state index contributed by atoms with van der Waals surface area (Å²) in [5.41, 5.74) is -1.59. The van der Waals surface area contributed by atoms with Gasteiger partial charge in [-0.3, -0.25) is 14.3 Å². The molecular weight excluding hydrogens is 325 g/mol. The van der Waals surface area contributed by atoms with E-state index >= 15 is 0 Å². The van der Waals surface area contributed by atoms with Gasteiger partial charge in [0, 0.05) is 18.3 Å². The molecule has 9 heteroatoms. The van der Waals surface area contributed by atoms with Crippen LogP contribution in [0.25, 0.3) is 28.5 Å². The van der Waals surface area contributed by atoms with Crippen LogP contribution in [0.4, 0.5) is 13.2 Å². The summed E-state index contributed by atoms with van der Waals surface area (Å²) in [7, 11) is 0. The molecule has 1 aliphatic rings. The number of aromatic nitrogens is 4. The van der Waals surface area contributed by atoms with Crippen LogP contribution >= 0.6 is 0 Å². The van der Waals surface area contributed by atoms with Crippen molar-refractivity contribution in [1.82, 2.24) is 19.3 Å². The zero-order valence-electron chi connectivity index (χ0n) is 12.0. The largest absolute Gasteiger partial charge is 0.416 e. The van der Waals surface area contributed by atoms with Gasteiger partial charge in [0.1, 0.15) is 11.1 Å². The molecule has 1 aromatic carbocycles. The van der Waals surface area contributed by atoms with Crippen LogP contribution in [-0.4, -0.2) is 19.3 Å². The highest BCUT2D eigenvalue weighted by Crippen LogP contribution is 2.33. The molecule has 0 bridgehead atoms. The zero-order chi connectivity index (χ0) is 17.1. The van der Waals surface area contributed by atoms with Gasteiger partial charge in [-0.2, -0.15) is 18.3 Å². The number of halogens is 3. The Morgan fingerprint density at radius 2 is 2.00 bits per heavy atom. The third-order valence-electron chi connectivity index (χ3n) is 3.83. The second-order valence-corrected chi connectivity index (χ2v) is 5.33. The molecule has 4 rings (SSSR count). The van der Waals surface area contributed by atoms with Crippen LogP contribution in [0.2, 0.25) is 0 Å². The van der Waals surface area contributed by atoms with E-state index in [0.29, 0.717) is 0 Å². The van der Waals surface area contributed by atoms with E-state index in [1.54, 1.807) is 12.3 Å². The van der Waals surface area contributed by atoms with Crippen molar-refractivity contribution >= 4 is 17.2 Å². The highest BCUT2D eigenvalue weighted by atomic mass is 19.4. The first kappa shape index (κ1) is 14.5. The van der Waals surface area contributed by atoms with Crippen molar-refractivity contribution in [3.05, 3.63) is 56.7 Å². The topological polar surface area (TPSA) is 72.7 Å². The third-order valence-corrected chi connectivity index (χ3v) is 3.83. The quantitative estimate of drug-likeness (QED) is 0.740. The molecule has 0 spiro atoms. The summed E-state index contributed by atoms with van der Waals surface area (Å²) >= 11 is 0. The third kappa shape index (κ3) is 2.01. The van der Waals surface area contributed by atoms with E-state index in [-0.39, 0.29) is 28.8 Å². The number of hydrogen-bond acceptors (Lipinski definition) is 3. The lowest BCUT2D eigenvalue weighted by molar-refractivity contribution is -0.137. The molecule has 0 aliphatic carbocycles. The van der Waals surface area contributed by atoms with E-state index in [9.17, 15) is 22.8 Å². The molecule has 3 aromatic rings. The van der Waals surface area contributed by atoms with Gasteiger partial charge in [-0.15, -0.1) is 0 Å². The highest BCUT2D eigenvalue weighted by Gasteiger charge is 2.31. The molecule has 24 heavy (non-hydrogen) atoms. The van der Waals surface area contributed by atoms with Crippen LogP contribution in [0.5, 0.6) is 0 Å². The van der Waals surface area contributed by atoms with Gasteiger partial charge in [-0.25, -0.2) is 9.48 Å². The van der Waals surface area contributed by atoms with Gasteiger partial charge in [-0.1, -0.05) is 12.1 Å². The van der Waals surface area contributed by atoms with Gasteiger partial charge in [0.25, 0.3) is 5.56 Å². The Balaban J connectivity index is 2.07. The molecule has 1 aliphatic heterocycles. The first-order valence-corrected chi connectivity index (χ1v) is 6.96. The van der Waals surface area contributed by atoms with Crippen LogP contribution < -0.4 is 11.2 Å². The van der Waals surface area contributed by atoms with E-state index in [0.717, 1.165) is 12.1 Å². The lowest BCUT2D eigenvalue weighted by Crippen LogP contribution is -2.31. The van der Waals surface area contributed by atoms with Crippen molar-refractivity contribution in [3.63, 3.8) is 0 Å². The molecule has 2 aromatic heterocycles. The monoisotopic (exact) mass is 334 g/mol. The van der Waals surface area contributed by atoms with Gasteiger partial charge in [0.2, 0.25) is 0 Å². The van der Waals surface area contributed by atoms with E-state index in [1.807, 2.05) is 0 Å². The number of benzene rings is 1. The maximum atomic E-state index is 12.9. The summed E-state index contributed by atoms with van der Waals surface area (Å²) in [6.45, 7) is 0.250. The fraction of sp³-hybridized carbons (Fsp3) is 0.133. The number of rotatable bonds is 1. The minimum absolute atomic E-state index is 0.0817. The predicted molar refractivity (Wildman–Crippen MR) is 80.4 cm³/mol. The second kappa shape index (κ2) is 4.70. The average molecular weight is 334 g/mol. The van der Waals surface area contributed by atoms with Crippen molar-refractivity contribution < 1.29 is 13.2 Å². The molecular formula is C15H9F3N4O2. The summed E-state index contributed by atoms with van der Waals surface area (Å²) in [5.74, 6) is 0. The van der Waals surface area contributed by atoms with Crippen LogP contribution in [0.15, 0.2) is 39.9 Å². The Morgan fingerprint density at radius 1 is 1.21 bits per heavy atom. The first-order valence-electron chi connectivity index (χ1n) is 6.96. The van der Waals surface area contributed by atoms with Crippen molar-refractivity contribution in [2.75, 3.05) is 0 Å². The first-order chi connectivity index (χ1) is 11.4. The van der Waals surface area contributed by atoms with Crippen LogP contribution in [0, 0.1) is 0 Å². The van der Waals surface area contributed by atoms with Crippen LogP contribution in [-0.2, 0) is 12.7 Å². The number of nitrogens with zero attached hydrogens (tertiary/aromatic N) is 3. The Morgan fingerprint density at radius 3 is 2.75 bits per heavy atom. The lowest BCUT2D eigenvalue weighted by atomic mass is 10.1. The molecule has 0 radical (unpaired) electrons. The van der Waals surface area contributed by atoms with Crippen LogP contribution in [0.1, 0.15) is 5.56 Å². The summed E-state index contributed by atoms with van der Waals surface area (Å²) in [6.07, 6.45) is -1.27. The average Bonchev–Trinajstić information content (AvgIpc) is 2.93. The van der Waals surface area contributed by atoms with E-state index in [4.69, 9.17) is 0 Å². The Labute approximate surface area is 131 Å². The van der Waals surface area contributed by atoms with Crippen molar-refractivity contribution in [3.8, 4) is 11.3 Å². The van der Waals surface area contributed by atoms with Gasteiger partial charge in [-0.05, 0) is 18.2 Å². The molecule has 0 fully saturated rings. The van der Waals surface area contributed by atoms with E-state index < -0.39 is 23.0 Å². The fourth-order valence-corrected chi connectivity index (χ4v) is 2.79. The molecule has 0 atom stereocenters. The van der Waals surface area contributed by atoms with Crippen molar-refractivity contribution in [2.24, 2.45) is 0 Å². The summed E-state index contributed by atoms with van der Waals surface area (Å²) in [5, 5.41) is 4.28. The predicted octanol–water partition coefficient (Wildman–Crippen LogP) is 2.06. The SMILES string of the molecule is O=c1[nH]c(=O)n2c3c1c(-c1cccc(C(F)(F)F)c1)nn3C=CC2. The minimum atomic E-state index is -4.50. The number of nitrogens with one attached hydrogen (secondary N) is 1. The summed E-state index contributed by atoms with van der Waals surface area (Å²) in [4.78, 5) is 26.3. The Kier molecular flexibility index (Phi) is 2.84. The zero-order valence-corrected chi connectivity index (χ0v) is 12.0. The van der Waals surface area contributed by atoms with Crippen molar-refractivity contribution in [1.29, 1.82) is 0 Å². The Bertz CT molecular complexity index is 1120. The maximum Gasteiger partial charge on any atom is 0.416 e. The van der Waals surface area contributed by atoms with E-state index in [1.165, 1.54) is 21.4 Å². The smallest absolute Gasteiger partial charge is 0.273 e.